The number of fused-ring (bicyclic) bond motifs is 1. The van der Waals surface area contributed by atoms with E-state index in [1.807, 2.05) is 31.2 Å². The molecule has 0 atom stereocenters. The molecule has 4 rings (SSSR count). The minimum Gasteiger partial charge on any atom is -0.477 e. The molecule has 0 spiro atoms. The summed E-state index contributed by atoms with van der Waals surface area (Å²) in [4.78, 5) is 31.6. The summed E-state index contributed by atoms with van der Waals surface area (Å²) in [6.45, 7) is 2.25. The molecule has 3 heterocycles. The zero-order valence-electron chi connectivity index (χ0n) is 15.6. The average Bonchev–Trinajstić information content (AvgIpc) is 3.03. The Balaban J connectivity index is 2.09. The summed E-state index contributed by atoms with van der Waals surface area (Å²) in [5, 5.41) is 11.1. The first-order valence-electron chi connectivity index (χ1n) is 9.17. The number of aromatic amines is 1. The number of nitrogens with one attached hydrogen (secondary N) is 1. The molecule has 0 aliphatic carbocycles. The maximum Gasteiger partial charge on any atom is 0.353 e. The lowest BCUT2D eigenvalue weighted by molar-refractivity contribution is 0.0687. The number of aromatic nitrogens is 3. The molecule has 7 heteroatoms. The monoisotopic (exact) mass is 407 g/mol. The van der Waals surface area contributed by atoms with Crippen molar-refractivity contribution in [2.75, 3.05) is 0 Å². The van der Waals surface area contributed by atoms with E-state index in [-0.39, 0.29) is 17.8 Å². The Hall–Kier alpha value is -3.38. The number of hydrogen-bond acceptors (Lipinski definition) is 3. The van der Waals surface area contributed by atoms with E-state index in [0.29, 0.717) is 21.8 Å². The highest BCUT2D eigenvalue weighted by molar-refractivity contribution is 6.30. The van der Waals surface area contributed by atoms with Gasteiger partial charge in [-0.2, -0.15) is 0 Å². The van der Waals surface area contributed by atoms with Crippen LogP contribution in [0.3, 0.4) is 0 Å². The Morgan fingerprint density at radius 2 is 2.07 bits per heavy atom. The number of carboxylic acid groups (broad SMARTS) is 1. The molecule has 1 aromatic carbocycles. The predicted molar refractivity (Wildman–Crippen MR) is 113 cm³/mol. The second kappa shape index (κ2) is 7.56. The maximum atomic E-state index is 12.5. The number of carbonyl (C=O) groups is 1. The van der Waals surface area contributed by atoms with Crippen LogP contribution in [0.25, 0.3) is 22.0 Å². The molecule has 0 fully saturated rings. The van der Waals surface area contributed by atoms with E-state index in [4.69, 9.17) is 11.6 Å². The van der Waals surface area contributed by atoms with Crippen molar-refractivity contribution in [1.29, 1.82) is 0 Å². The van der Waals surface area contributed by atoms with E-state index in [1.165, 1.54) is 6.20 Å². The molecule has 0 radical (unpaired) electrons. The number of halogens is 1. The van der Waals surface area contributed by atoms with E-state index >= 15 is 0 Å². The minimum atomic E-state index is -1.11. The largest absolute Gasteiger partial charge is 0.477 e. The van der Waals surface area contributed by atoms with Crippen LogP contribution >= 0.6 is 11.6 Å². The third-order valence-corrected chi connectivity index (χ3v) is 5.33. The van der Waals surface area contributed by atoms with Crippen LogP contribution in [0.2, 0.25) is 5.15 Å². The van der Waals surface area contributed by atoms with Crippen LogP contribution < -0.4 is 5.56 Å². The van der Waals surface area contributed by atoms with Crippen molar-refractivity contribution in [2.24, 2.45) is 0 Å². The van der Waals surface area contributed by atoms with Gasteiger partial charge in [0.2, 0.25) is 0 Å². The van der Waals surface area contributed by atoms with Crippen molar-refractivity contribution in [2.45, 2.75) is 19.9 Å². The van der Waals surface area contributed by atoms with E-state index in [0.717, 1.165) is 22.9 Å². The highest BCUT2D eigenvalue weighted by atomic mass is 35.5. The fourth-order valence-corrected chi connectivity index (χ4v) is 3.79. The summed E-state index contributed by atoms with van der Waals surface area (Å²) in [6, 6.07) is 12.7. The van der Waals surface area contributed by atoms with Gasteiger partial charge in [-0.25, -0.2) is 9.78 Å². The SMILES string of the molecule is CCc1ccc2c(c1)c(-c1ccc[nH]c1=O)c(C(=O)O)n2Cc1cccnc1Cl. The number of hydrogen-bond donors (Lipinski definition) is 2. The number of aryl methyl sites for hydroxylation is 1. The summed E-state index contributed by atoms with van der Waals surface area (Å²) in [6.07, 6.45) is 3.90. The lowest BCUT2D eigenvalue weighted by Gasteiger charge is -2.10. The molecule has 0 saturated carbocycles. The van der Waals surface area contributed by atoms with E-state index in [2.05, 4.69) is 9.97 Å². The molecular formula is C22H18ClN3O3. The van der Waals surface area contributed by atoms with Crippen molar-refractivity contribution in [3.05, 3.63) is 87.2 Å². The van der Waals surface area contributed by atoms with E-state index in [1.54, 1.807) is 29.0 Å². The van der Waals surface area contributed by atoms with Gasteiger partial charge in [0.25, 0.3) is 5.56 Å². The molecule has 0 amide bonds. The lowest BCUT2D eigenvalue weighted by atomic mass is 10.0. The molecule has 0 unspecified atom stereocenters. The molecule has 146 valence electrons. The molecule has 2 N–H and O–H groups in total. The van der Waals surface area contributed by atoms with Crippen molar-refractivity contribution in [1.82, 2.24) is 14.5 Å². The number of benzene rings is 1. The standard InChI is InChI=1S/C22H18ClN3O3/c1-2-13-7-8-17-16(11-13)18(15-6-4-10-25-21(15)27)19(22(28)29)26(17)12-14-5-3-9-24-20(14)23/h3-11H,2,12H2,1H3,(H,25,27)(H,28,29). The Morgan fingerprint density at radius 1 is 1.24 bits per heavy atom. The lowest BCUT2D eigenvalue weighted by Crippen LogP contribution is -2.13. The topological polar surface area (TPSA) is 88.0 Å². The van der Waals surface area contributed by atoms with Gasteiger partial charge >= 0.3 is 5.97 Å². The van der Waals surface area contributed by atoms with Gasteiger partial charge < -0.3 is 14.7 Å². The second-order valence-electron chi connectivity index (χ2n) is 6.69. The fourth-order valence-electron chi connectivity index (χ4n) is 3.61. The third kappa shape index (κ3) is 3.32. The van der Waals surface area contributed by atoms with Gasteiger partial charge in [-0.1, -0.05) is 30.7 Å². The van der Waals surface area contributed by atoms with Gasteiger partial charge in [-0.3, -0.25) is 4.79 Å². The normalized spacial score (nSPS) is 11.1. The van der Waals surface area contributed by atoms with Crippen LogP contribution in [-0.2, 0) is 13.0 Å². The third-order valence-electron chi connectivity index (χ3n) is 4.99. The molecule has 0 saturated heterocycles. The molecular weight excluding hydrogens is 390 g/mol. The Kier molecular flexibility index (Phi) is 4.94. The molecule has 29 heavy (non-hydrogen) atoms. The first-order chi connectivity index (χ1) is 14.0. The number of pyridine rings is 2. The summed E-state index contributed by atoms with van der Waals surface area (Å²) >= 11 is 6.23. The Morgan fingerprint density at radius 3 is 2.76 bits per heavy atom. The molecule has 0 aliphatic heterocycles. The Bertz CT molecular complexity index is 1290. The van der Waals surface area contributed by atoms with Gasteiger partial charge in [0.15, 0.2) is 0 Å². The van der Waals surface area contributed by atoms with Gasteiger partial charge in [0.1, 0.15) is 10.8 Å². The second-order valence-corrected chi connectivity index (χ2v) is 7.04. The smallest absolute Gasteiger partial charge is 0.353 e. The highest BCUT2D eigenvalue weighted by Crippen LogP contribution is 2.35. The quantitative estimate of drug-likeness (QED) is 0.481. The number of H-pyrrole nitrogens is 1. The summed E-state index contributed by atoms with van der Waals surface area (Å²) < 4.78 is 1.68. The molecule has 3 aromatic heterocycles. The summed E-state index contributed by atoms with van der Waals surface area (Å²) in [5.74, 6) is -1.11. The predicted octanol–water partition coefficient (Wildman–Crippen LogP) is 4.35. The van der Waals surface area contributed by atoms with E-state index in [9.17, 15) is 14.7 Å². The van der Waals surface area contributed by atoms with Crippen LogP contribution in [0.5, 0.6) is 0 Å². The van der Waals surface area contributed by atoms with Crippen LogP contribution in [0.4, 0.5) is 0 Å². The zero-order chi connectivity index (χ0) is 20.5. The minimum absolute atomic E-state index is 0.0462. The average molecular weight is 408 g/mol. The zero-order valence-corrected chi connectivity index (χ0v) is 16.4. The number of rotatable bonds is 5. The van der Waals surface area contributed by atoms with Gasteiger partial charge in [-0.15, -0.1) is 0 Å². The number of carboxylic acids is 1. The molecule has 0 bridgehead atoms. The van der Waals surface area contributed by atoms with Crippen molar-refractivity contribution in [3.8, 4) is 11.1 Å². The van der Waals surface area contributed by atoms with Gasteiger partial charge in [-0.05, 0) is 42.3 Å². The van der Waals surface area contributed by atoms with Gasteiger partial charge in [0.05, 0.1) is 6.54 Å². The fraction of sp³-hybridized carbons (Fsp3) is 0.136. The van der Waals surface area contributed by atoms with Crippen molar-refractivity contribution >= 4 is 28.5 Å². The van der Waals surface area contributed by atoms with Crippen LogP contribution in [0, 0.1) is 0 Å². The van der Waals surface area contributed by atoms with Gasteiger partial charge in [0, 0.05) is 40.0 Å². The summed E-state index contributed by atoms with van der Waals surface area (Å²) in [5.41, 5.74) is 2.91. The van der Waals surface area contributed by atoms with Crippen molar-refractivity contribution < 1.29 is 9.90 Å². The summed E-state index contributed by atoms with van der Waals surface area (Å²) in [7, 11) is 0. The first-order valence-corrected chi connectivity index (χ1v) is 9.55. The van der Waals surface area contributed by atoms with Crippen LogP contribution in [-0.4, -0.2) is 25.6 Å². The Labute approximate surface area is 171 Å². The number of nitrogens with zero attached hydrogens (tertiary/aromatic N) is 2. The first kappa shape index (κ1) is 19.0. The van der Waals surface area contributed by atoms with Crippen molar-refractivity contribution in [3.63, 3.8) is 0 Å². The molecule has 4 aromatic rings. The molecule has 6 nitrogen and oxygen atoms in total. The highest BCUT2D eigenvalue weighted by Gasteiger charge is 2.25. The van der Waals surface area contributed by atoms with Crippen LogP contribution in [0.1, 0.15) is 28.5 Å². The molecule has 0 aliphatic rings. The number of aromatic carboxylic acids is 1. The van der Waals surface area contributed by atoms with Crippen LogP contribution in [0.15, 0.2) is 59.7 Å². The van der Waals surface area contributed by atoms with E-state index < -0.39 is 5.97 Å². The maximum absolute atomic E-state index is 12.5.